The molecule has 0 saturated carbocycles. The van der Waals surface area contributed by atoms with E-state index in [-0.39, 0.29) is 18.4 Å². The van der Waals surface area contributed by atoms with Gasteiger partial charge in [0.15, 0.2) is 0 Å². The van der Waals surface area contributed by atoms with Gasteiger partial charge in [0.2, 0.25) is 11.8 Å². The van der Waals surface area contributed by atoms with E-state index >= 15 is 0 Å². The van der Waals surface area contributed by atoms with E-state index in [0.29, 0.717) is 19.5 Å². The number of aryl methyl sites for hydroxylation is 1. The summed E-state index contributed by atoms with van der Waals surface area (Å²) in [6.45, 7) is 2.52. The van der Waals surface area contributed by atoms with Crippen molar-refractivity contribution < 1.29 is 9.59 Å². The van der Waals surface area contributed by atoms with Gasteiger partial charge in [0.25, 0.3) is 0 Å². The molecule has 0 bridgehead atoms. The maximum Gasteiger partial charge on any atom is 0.239 e. The second-order valence-corrected chi connectivity index (χ2v) is 7.24. The van der Waals surface area contributed by atoms with E-state index in [9.17, 15) is 9.59 Å². The predicted molar refractivity (Wildman–Crippen MR) is 99.5 cm³/mol. The smallest absolute Gasteiger partial charge is 0.239 e. The van der Waals surface area contributed by atoms with Crippen molar-refractivity contribution in [1.29, 1.82) is 0 Å². The van der Waals surface area contributed by atoms with Crippen molar-refractivity contribution in [2.75, 3.05) is 31.6 Å². The van der Waals surface area contributed by atoms with Gasteiger partial charge in [0, 0.05) is 38.8 Å². The minimum atomic E-state index is -0.0660. The van der Waals surface area contributed by atoms with Gasteiger partial charge in [-0.25, -0.2) is 0 Å². The molecule has 3 rings (SSSR count). The van der Waals surface area contributed by atoms with Crippen LogP contribution in [0.25, 0.3) is 0 Å². The Kier molecular flexibility index (Phi) is 5.95. The SMILES string of the molecule is CN1CCCc2cc(CNC(=O)CN3CCCCCCC3=O)ccc21. The fraction of sp³-hybridized carbons (Fsp3) is 0.600. The number of anilines is 1. The van der Waals surface area contributed by atoms with E-state index < -0.39 is 0 Å². The Morgan fingerprint density at radius 1 is 1.08 bits per heavy atom. The summed E-state index contributed by atoms with van der Waals surface area (Å²) in [4.78, 5) is 28.4. The van der Waals surface area contributed by atoms with Crippen LogP contribution >= 0.6 is 0 Å². The van der Waals surface area contributed by atoms with Crippen molar-refractivity contribution in [1.82, 2.24) is 10.2 Å². The van der Waals surface area contributed by atoms with Crippen LogP contribution in [-0.4, -0.2) is 43.4 Å². The van der Waals surface area contributed by atoms with Crippen LogP contribution in [-0.2, 0) is 22.6 Å². The number of carbonyl (C=O) groups is 2. The molecule has 1 saturated heterocycles. The molecule has 0 atom stereocenters. The van der Waals surface area contributed by atoms with Crippen molar-refractivity contribution >= 4 is 17.5 Å². The number of amides is 2. The largest absolute Gasteiger partial charge is 0.374 e. The molecule has 2 heterocycles. The molecular formula is C20H29N3O2. The van der Waals surface area contributed by atoms with Gasteiger partial charge in [0.1, 0.15) is 0 Å². The van der Waals surface area contributed by atoms with E-state index in [1.54, 1.807) is 4.90 Å². The Balaban J connectivity index is 1.52. The van der Waals surface area contributed by atoms with Crippen LogP contribution in [0.3, 0.4) is 0 Å². The number of nitrogens with zero attached hydrogens (tertiary/aromatic N) is 2. The molecule has 1 N–H and O–H groups in total. The highest BCUT2D eigenvalue weighted by Crippen LogP contribution is 2.26. The summed E-state index contributed by atoms with van der Waals surface area (Å²) in [5.41, 5.74) is 3.79. The highest BCUT2D eigenvalue weighted by Gasteiger charge is 2.18. The summed E-state index contributed by atoms with van der Waals surface area (Å²) >= 11 is 0. The number of benzene rings is 1. The van der Waals surface area contributed by atoms with Crippen LogP contribution in [0.1, 0.15) is 49.7 Å². The Bertz CT molecular complexity index is 629. The Morgan fingerprint density at radius 2 is 1.92 bits per heavy atom. The summed E-state index contributed by atoms with van der Waals surface area (Å²) in [6, 6.07) is 6.44. The second kappa shape index (κ2) is 8.37. The summed E-state index contributed by atoms with van der Waals surface area (Å²) in [5, 5.41) is 2.97. The van der Waals surface area contributed by atoms with Crippen molar-refractivity contribution in [3.05, 3.63) is 29.3 Å². The minimum Gasteiger partial charge on any atom is -0.374 e. The molecule has 0 spiro atoms. The molecule has 1 aromatic rings. The fourth-order valence-corrected chi connectivity index (χ4v) is 3.76. The summed E-state index contributed by atoms with van der Waals surface area (Å²) in [5.74, 6) is 0.0513. The molecule has 2 amide bonds. The van der Waals surface area contributed by atoms with Gasteiger partial charge in [-0.2, -0.15) is 0 Å². The lowest BCUT2D eigenvalue weighted by Crippen LogP contribution is -2.41. The van der Waals surface area contributed by atoms with Crippen molar-refractivity contribution in [2.24, 2.45) is 0 Å². The van der Waals surface area contributed by atoms with Crippen LogP contribution in [0, 0.1) is 0 Å². The molecule has 1 aromatic carbocycles. The molecule has 0 unspecified atom stereocenters. The maximum atomic E-state index is 12.3. The van der Waals surface area contributed by atoms with E-state index in [1.165, 1.54) is 17.7 Å². The number of fused-ring (bicyclic) bond motifs is 1. The molecule has 5 nitrogen and oxygen atoms in total. The molecule has 1 fully saturated rings. The molecule has 2 aliphatic rings. The van der Waals surface area contributed by atoms with Crippen molar-refractivity contribution in [3.63, 3.8) is 0 Å². The first-order chi connectivity index (χ1) is 12.1. The number of hydrogen-bond acceptors (Lipinski definition) is 3. The minimum absolute atomic E-state index is 0.0660. The van der Waals surface area contributed by atoms with E-state index in [4.69, 9.17) is 0 Å². The summed E-state index contributed by atoms with van der Waals surface area (Å²) < 4.78 is 0. The first-order valence-electron chi connectivity index (χ1n) is 9.51. The first-order valence-corrected chi connectivity index (χ1v) is 9.51. The van der Waals surface area contributed by atoms with Gasteiger partial charge in [-0.05, 0) is 42.9 Å². The summed E-state index contributed by atoms with van der Waals surface area (Å²) in [7, 11) is 2.12. The van der Waals surface area contributed by atoms with E-state index in [1.807, 2.05) is 0 Å². The molecule has 0 aliphatic carbocycles. The number of hydrogen-bond donors (Lipinski definition) is 1. The molecule has 0 aromatic heterocycles. The lowest BCUT2D eigenvalue weighted by molar-refractivity contribution is -0.136. The molecule has 136 valence electrons. The van der Waals surface area contributed by atoms with Gasteiger partial charge in [-0.3, -0.25) is 9.59 Å². The number of carbonyl (C=O) groups excluding carboxylic acids is 2. The zero-order chi connectivity index (χ0) is 17.6. The number of nitrogens with one attached hydrogen (secondary N) is 1. The van der Waals surface area contributed by atoms with Crippen LogP contribution < -0.4 is 10.2 Å². The standard InChI is InChI=1S/C20H29N3O2/c1-22-11-6-7-17-13-16(9-10-18(17)22)14-21-19(24)15-23-12-5-3-2-4-8-20(23)25/h9-10,13H,2-8,11-12,14-15H2,1H3,(H,21,24). The molecule has 5 heteroatoms. The van der Waals surface area contributed by atoms with E-state index in [2.05, 4.69) is 35.5 Å². The highest BCUT2D eigenvalue weighted by atomic mass is 16.2. The topological polar surface area (TPSA) is 52.7 Å². The Hall–Kier alpha value is -2.04. The van der Waals surface area contributed by atoms with Gasteiger partial charge in [-0.15, -0.1) is 0 Å². The van der Waals surface area contributed by atoms with Crippen LogP contribution in [0.4, 0.5) is 5.69 Å². The normalized spacial score (nSPS) is 18.4. The zero-order valence-corrected chi connectivity index (χ0v) is 15.2. The van der Waals surface area contributed by atoms with Crippen LogP contribution in [0.15, 0.2) is 18.2 Å². The maximum absolute atomic E-state index is 12.3. The Labute approximate surface area is 150 Å². The molecule has 0 radical (unpaired) electrons. The monoisotopic (exact) mass is 343 g/mol. The Morgan fingerprint density at radius 3 is 2.80 bits per heavy atom. The highest BCUT2D eigenvalue weighted by molar-refractivity contribution is 5.84. The third-order valence-corrected chi connectivity index (χ3v) is 5.24. The lowest BCUT2D eigenvalue weighted by atomic mass is 9.99. The number of rotatable bonds is 4. The molecule has 2 aliphatic heterocycles. The fourth-order valence-electron chi connectivity index (χ4n) is 3.76. The average molecular weight is 343 g/mol. The molecular weight excluding hydrogens is 314 g/mol. The quantitative estimate of drug-likeness (QED) is 0.914. The van der Waals surface area contributed by atoms with Gasteiger partial charge >= 0.3 is 0 Å². The first kappa shape index (κ1) is 17.8. The van der Waals surface area contributed by atoms with Gasteiger partial charge in [0.05, 0.1) is 6.54 Å². The predicted octanol–water partition coefficient (Wildman–Crippen LogP) is 2.48. The molecule has 25 heavy (non-hydrogen) atoms. The third-order valence-electron chi connectivity index (χ3n) is 5.24. The van der Waals surface area contributed by atoms with Crippen LogP contribution in [0.2, 0.25) is 0 Å². The van der Waals surface area contributed by atoms with Crippen molar-refractivity contribution in [2.45, 2.75) is 51.5 Å². The van der Waals surface area contributed by atoms with Crippen molar-refractivity contribution in [3.8, 4) is 0 Å². The lowest BCUT2D eigenvalue weighted by Gasteiger charge is -2.28. The average Bonchev–Trinajstić information content (AvgIpc) is 2.60. The second-order valence-electron chi connectivity index (χ2n) is 7.24. The van der Waals surface area contributed by atoms with Gasteiger partial charge < -0.3 is 15.1 Å². The van der Waals surface area contributed by atoms with Crippen LogP contribution in [0.5, 0.6) is 0 Å². The van der Waals surface area contributed by atoms with Gasteiger partial charge in [-0.1, -0.05) is 25.0 Å². The number of likely N-dealkylation sites (tertiary alicyclic amines) is 1. The third kappa shape index (κ3) is 4.74. The summed E-state index contributed by atoms with van der Waals surface area (Å²) in [6.07, 6.45) is 7.07. The zero-order valence-electron chi connectivity index (χ0n) is 15.2. The van der Waals surface area contributed by atoms with E-state index in [0.717, 1.165) is 44.2 Å².